The highest BCUT2D eigenvalue weighted by Gasteiger charge is 2.85. The van der Waals surface area contributed by atoms with Gasteiger partial charge in [0.2, 0.25) is 0 Å². The van der Waals surface area contributed by atoms with E-state index in [2.05, 4.69) is 34.6 Å². The lowest BCUT2D eigenvalue weighted by atomic mass is 9.41. The molecule has 8 N–H and O–H groups in total. The summed E-state index contributed by atoms with van der Waals surface area (Å²) >= 11 is 0. The number of fused-ring (bicyclic) bond motifs is 2. The van der Waals surface area contributed by atoms with E-state index in [1.165, 1.54) is 6.92 Å². The van der Waals surface area contributed by atoms with Crippen molar-refractivity contribution in [3.63, 3.8) is 0 Å². The van der Waals surface area contributed by atoms with E-state index in [9.17, 15) is 45.6 Å². The first-order valence-corrected chi connectivity index (χ1v) is 22.1. The molecule has 0 radical (unpaired) electrons. The molecule has 0 aromatic carbocycles. The molecule has 0 aromatic heterocycles. The second-order valence-electron chi connectivity index (χ2n) is 22.1. The number of ether oxygens (including phenoxy) is 5. The Balaban J connectivity index is 1.14. The number of rotatable bonds is 8. The summed E-state index contributed by atoms with van der Waals surface area (Å²) in [6, 6.07) is 0. The average Bonchev–Trinajstić information content (AvgIpc) is 3.49. The van der Waals surface area contributed by atoms with Gasteiger partial charge in [-0.05, 0) is 130 Å². The van der Waals surface area contributed by atoms with Gasteiger partial charge < -0.3 is 64.5 Å². The Bertz CT molecular complexity index is 1570. The molecule has 58 heavy (non-hydrogen) atoms. The number of carbonyl (C=O) groups is 1. The van der Waals surface area contributed by atoms with Crippen LogP contribution >= 0.6 is 0 Å². The van der Waals surface area contributed by atoms with E-state index in [0.29, 0.717) is 38.5 Å². The highest BCUT2D eigenvalue weighted by molar-refractivity contribution is 5.66. The minimum atomic E-state index is -1.60. The fourth-order valence-corrected chi connectivity index (χ4v) is 15.6. The molecule has 8 fully saturated rings. The van der Waals surface area contributed by atoms with E-state index >= 15 is 0 Å². The predicted octanol–water partition coefficient (Wildman–Crippen LogP) is 2.10. The fraction of sp³-hybridized carbons (Fsp3) is 0.977. The second kappa shape index (κ2) is 14.3. The van der Waals surface area contributed by atoms with Crippen molar-refractivity contribution < 1.29 is 69.3 Å². The monoisotopic (exact) mass is 824 g/mol. The number of hydrogen-bond acceptors (Lipinski definition) is 14. The van der Waals surface area contributed by atoms with Gasteiger partial charge in [-0.25, -0.2) is 0 Å². The van der Waals surface area contributed by atoms with Crippen LogP contribution in [0.1, 0.15) is 126 Å². The van der Waals surface area contributed by atoms with Gasteiger partial charge in [-0.15, -0.1) is 0 Å². The minimum Gasteiger partial charge on any atom is -0.457 e. The molecule has 2 saturated heterocycles. The van der Waals surface area contributed by atoms with Gasteiger partial charge in [-0.3, -0.25) is 4.79 Å². The molecule has 2 spiro atoms. The first-order chi connectivity index (χ1) is 26.9. The number of aliphatic hydroxyl groups excluding tert-OH is 7. The van der Waals surface area contributed by atoms with E-state index in [1.807, 2.05) is 0 Å². The second-order valence-corrected chi connectivity index (χ2v) is 22.1. The molecule has 14 nitrogen and oxygen atoms in total. The molecule has 6 saturated carbocycles. The van der Waals surface area contributed by atoms with Crippen LogP contribution in [0.2, 0.25) is 0 Å². The van der Waals surface area contributed by atoms with Crippen molar-refractivity contribution in [3.05, 3.63) is 0 Å². The Hall–Kier alpha value is -1.01. The first kappa shape index (κ1) is 43.6. The molecule has 0 unspecified atom stereocenters. The summed E-state index contributed by atoms with van der Waals surface area (Å²) in [6.07, 6.45) is -5.30. The third kappa shape index (κ3) is 6.18. The molecular weight excluding hydrogens is 752 g/mol. The van der Waals surface area contributed by atoms with Crippen molar-refractivity contribution in [1.29, 1.82) is 0 Å². The molecule has 2 aliphatic heterocycles. The van der Waals surface area contributed by atoms with Gasteiger partial charge in [0.25, 0.3) is 0 Å². The lowest BCUT2D eigenvalue weighted by molar-refractivity contribution is -0.333. The summed E-state index contributed by atoms with van der Waals surface area (Å²) in [5.41, 5.74) is -3.09. The van der Waals surface area contributed by atoms with E-state index in [4.69, 9.17) is 23.7 Å². The zero-order valence-electron chi connectivity index (χ0n) is 35.8. The van der Waals surface area contributed by atoms with Crippen LogP contribution in [-0.2, 0) is 28.5 Å². The zero-order chi connectivity index (χ0) is 42.3. The summed E-state index contributed by atoms with van der Waals surface area (Å²) in [5.74, 6) is -0.770. The minimum absolute atomic E-state index is 0.0556. The lowest BCUT2D eigenvalue weighted by Crippen LogP contribution is -2.65. The molecule has 332 valence electrons. The van der Waals surface area contributed by atoms with E-state index in [1.54, 1.807) is 13.8 Å². The molecular formula is C44H72O14. The van der Waals surface area contributed by atoms with Gasteiger partial charge in [-0.1, -0.05) is 27.7 Å². The van der Waals surface area contributed by atoms with Gasteiger partial charge in [0.15, 0.2) is 12.4 Å². The zero-order valence-corrected chi connectivity index (χ0v) is 35.8. The molecule has 6 aliphatic carbocycles. The number of hydrogen-bond donors (Lipinski definition) is 8. The van der Waals surface area contributed by atoms with Gasteiger partial charge in [0, 0.05) is 12.8 Å². The average molecular weight is 825 g/mol. The number of carbonyl (C=O) groups excluding carboxylic acids is 1. The van der Waals surface area contributed by atoms with Crippen LogP contribution in [0.15, 0.2) is 0 Å². The van der Waals surface area contributed by atoms with E-state index < -0.39 is 96.5 Å². The van der Waals surface area contributed by atoms with Gasteiger partial charge in [0.1, 0.15) is 30.5 Å². The maximum Gasteiger partial charge on any atom is 0.303 e. The highest BCUT2D eigenvalue weighted by atomic mass is 16.7. The third-order valence-corrected chi connectivity index (χ3v) is 18.4. The Morgan fingerprint density at radius 3 is 2.10 bits per heavy atom. The lowest BCUT2D eigenvalue weighted by Gasteiger charge is -2.65. The smallest absolute Gasteiger partial charge is 0.303 e. The van der Waals surface area contributed by atoms with E-state index in [-0.39, 0.29) is 51.6 Å². The maximum absolute atomic E-state index is 12.3. The summed E-state index contributed by atoms with van der Waals surface area (Å²) in [6.45, 7) is 15.4. The molecule has 14 heteroatoms. The standard InChI is InChI=1S/C44H72O14/c1-21(46)54-34-22(47)9-10-24(31(34)50)55-28-12-14-44-20-43(44)16-15-40(6)35(42(8)13-11-29(58-42)39(4,5)53)23(48)18-41(40,7)27(43)17-25(36(44)38(28,2)3)56-37-33(52)32(51)30(49)26(19-45)57-37/h22-37,45,47-53H,9-20H2,1-8H3/t22-,23+,24-,25+,26-,27+,28+,29-,30-,31+,32+,33-,34+,35+,36-,37-,40-,41+,42-,43+,44-/m1/s1. The topological polar surface area (TPSA) is 225 Å². The predicted molar refractivity (Wildman–Crippen MR) is 207 cm³/mol. The van der Waals surface area contributed by atoms with Crippen molar-refractivity contribution in [2.45, 2.75) is 217 Å². The van der Waals surface area contributed by atoms with Crippen LogP contribution in [0.25, 0.3) is 0 Å². The van der Waals surface area contributed by atoms with Gasteiger partial charge >= 0.3 is 5.97 Å². The molecule has 8 aliphatic rings. The van der Waals surface area contributed by atoms with Crippen molar-refractivity contribution in [1.82, 2.24) is 0 Å². The van der Waals surface area contributed by atoms with Crippen LogP contribution < -0.4 is 0 Å². The Labute approximate surface area is 342 Å². The third-order valence-electron chi connectivity index (χ3n) is 18.4. The normalized spacial score (nSPS) is 56.1. The Morgan fingerprint density at radius 2 is 1.47 bits per heavy atom. The van der Waals surface area contributed by atoms with Crippen LogP contribution in [0.5, 0.6) is 0 Å². The van der Waals surface area contributed by atoms with Crippen LogP contribution in [0.4, 0.5) is 0 Å². The summed E-state index contributed by atoms with van der Waals surface area (Å²) < 4.78 is 32.0. The largest absolute Gasteiger partial charge is 0.457 e. The summed E-state index contributed by atoms with van der Waals surface area (Å²) in [5, 5.41) is 88.1. The summed E-state index contributed by atoms with van der Waals surface area (Å²) in [7, 11) is 0. The first-order valence-electron chi connectivity index (χ1n) is 22.1. The van der Waals surface area contributed by atoms with Crippen molar-refractivity contribution in [2.24, 2.45) is 44.8 Å². The van der Waals surface area contributed by atoms with Gasteiger partial charge in [-0.2, -0.15) is 0 Å². The molecule has 21 atom stereocenters. The summed E-state index contributed by atoms with van der Waals surface area (Å²) in [4.78, 5) is 11.9. The highest BCUT2D eigenvalue weighted by Crippen LogP contribution is 2.89. The van der Waals surface area contributed by atoms with E-state index in [0.717, 1.165) is 32.1 Å². The maximum atomic E-state index is 12.3. The Kier molecular flexibility index (Phi) is 10.7. The van der Waals surface area contributed by atoms with Crippen molar-refractivity contribution in [3.8, 4) is 0 Å². The van der Waals surface area contributed by atoms with Gasteiger partial charge in [0.05, 0.1) is 54.4 Å². The Morgan fingerprint density at radius 1 is 0.759 bits per heavy atom. The van der Waals surface area contributed by atoms with Crippen LogP contribution in [-0.4, -0.2) is 144 Å². The number of aliphatic hydroxyl groups is 8. The number of esters is 1. The molecule has 0 bridgehead atoms. The molecule has 2 heterocycles. The fourth-order valence-electron chi connectivity index (χ4n) is 15.6. The molecule has 0 aromatic rings. The van der Waals surface area contributed by atoms with Crippen molar-refractivity contribution in [2.75, 3.05) is 6.61 Å². The molecule has 0 amide bonds. The SMILES string of the molecule is CC(=O)O[C@@H]1[C@@H](O)[C@H](O[C@H]2CC[C@]34C[C@]35CC[C@]3(C)[C@@H]([C@@]6(C)CC[C@H](C(C)(C)O)O6)[C@@H](O)C[C@@]3(C)[C@@H]5C[C@H](O[C@@H]3O[C@H](CO)[C@@H](O)[C@H](O)[C@H]3O)[C@@H]4C2(C)C)CC[C@H]1O. The van der Waals surface area contributed by atoms with Crippen LogP contribution in [0.3, 0.4) is 0 Å². The quantitative estimate of drug-likeness (QED) is 0.130. The van der Waals surface area contributed by atoms with Crippen molar-refractivity contribution >= 4 is 5.97 Å². The van der Waals surface area contributed by atoms with Crippen LogP contribution in [0, 0.1) is 44.8 Å². The molecule has 8 rings (SSSR count).